The molecular weight excluding hydrogens is 1220 g/mol. The van der Waals surface area contributed by atoms with E-state index in [9.17, 15) is 0 Å². The van der Waals surface area contributed by atoms with E-state index in [1.54, 1.807) is 0 Å². The van der Waals surface area contributed by atoms with E-state index in [-0.39, 0.29) is 5.41 Å². The number of rotatable bonds is 5. The van der Waals surface area contributed by atoms with E-state index < -0.39 is 16.2 Å². The monoisotopic (exact) mass is 1290 g/mol. The highest BCUT2D eigenvalue weighted by Crippen LogP contribution is 2.71. The van der Waals surface area contributed by atoms with Crippen molar-refractivity contribution in [1.29, 1.82) is 0 Å². The predicted octanol–water partition coefficient (Wildman–Crippen LogP) is 25.6. The minimum absolute atomic E-state index is 0.304. The lowest BCUT2D eigenvalue weighted by atomic mass is 9.68. The zero-order valence-electron chi connectivity index (χ0n) is 56.2. The van der Waals surface area contributed by atoms with Crippen LogP contribution in [0.5, 0.6) is 0 Å². The maximum atomic E-state index is 7.19. The average Bonchev–Trinajstić information content (AvgIpc) is 1.49. The third kappa shape index (κ3) is 6.72. The van der Waals surface area contributed by atoms with Crippen molar-refractivity contribution in [1.82, 2.24) is 0 Å². The first-order chi connectivity index (χ1) is 49.6. The molecule has 0 amide bonds. The molecule has 0 saturated heterocycles. The third-order valence-electron chi connectivity index (χ3n) is 24.6. The Labute approximate surface area is 585 Å². The van der Waals surface area contributed by atoms with Gasteiger partial charge in [-0.3, -0.25) is 0 Å². The summed E-state index contributed by atoms with van der Waals surface area (Å²) in [5, 5.41) is 4.65. The molecule has 3 heteroatoms. The Bertz CT molecular complexity index is 6440. The van der Waals surface area contributed by atoms with Crippen LogP contribution in [-0.4, -0.2) is 0 Å². The van der Waals surface area contributed by atoms with Crippen LogP contribution in [0.1, 0.15) is 94.5 Å². The molecule has 0 aliphatic heterocycles. The fraction of sp³-hybridized carbons (Fsp3) is 0.0816. The lowest BCUT2D eigenvalue weighted by molar-refractivity contribution is 0.600. The third-order valence-corrected chi connectivity index (χ3v) is 24.6. The first-order valence-corrected chi connectivity index (χ1v) is 35.6. The maximum absolute atomic E-state index is 7.19. The van der Waals surface area contributed by atoms with Gasteiger partial charge in [-0.1, -0.05) is 282 Å². The molecule has 0 bridgehead atoms. The normalized spacial score (nSPS) is 15.2. The van der Waals surface area contributed by atoms with Crippen molar-refractivity contribution in [3.8, 4) is 89.0 Å². The summed E-state index contributed by atoms with van der Waals surface area (Å²) in [5.74, 6) is 0. The van der Waals surface area contributed by atoms with Crippen LogP contribution in [0.2, 0.25) is 0 Å². The lowest BCUT2D eigenvalue weighted by Gasteiger charge is -2.34. The smallest absolute Gasteiger partial charge is 0.144 e. The van der Waals surface area contributed by atoms with Gasteiger partial charge in [-0.05, 0) is 194 Å². The summed E-state index contributed by atoms with van der Waals surface area (Å²) in [5.41, 5.74) is 40.3. The Kier molecular flexibility index (Phi) is 10.7. The van der Waals surface area contributed by atoms with Crippen LogP contribution in [0.15, 0.2) is 318 Å². The van der Waals surface area contributed by atoms with Gasteiger partial charge in [-0.25, -0.2) is 0 Å². The Morgan fingerprint density at radius 2 is 0.663 bits per heavy atom. The number of nitrogens with zero attached hydrogens (tertiary/aromatic N) is 1. The number of fused-ring (bicyclic) bond motifs is 36. The van der Waals surface area contributed by atoms with Crippen LogP contribution >= 0.6 is 0 Å². The number of para-hydroxylation sites is 3. The van der Waals surface area contributed by atoms with E-state index >= 15 is 0 Å². The van der Waals surface area contributed by atoms with Crippen molar-refractivity contribution in [2.24, 2.45) is 0 Å². The highest BCUT2D eigenvalue weighted by Gasteiger charge is 2.57. The van der Waals surface area contributed by atoms with Crippen LogP contribution in [0, 0.1) is 0 Å². The Morgan fingerprint density at radius 3 is 1.27 bits per heavy atom. The van der Waals surface area contributed by atoms with Crippen molar-refractivity contribution in [2.45, 2.75) is 49.4 Å². The summed E-state index contributed by atoms with van der Waals surface area (Å²) in [6.45, 7) is 9.84. The van der Waals surface area contributed by atoms with Gasteiger partial charge in [0.1, 0.15) is 22.3 Å². The highest BCUT2D eigenvalue weighted by atomic mass is 16.3. The Hall–Kier alpha value is -12.3. The van der Waals surface area contributed by atoms with Crippen LogP contribution in [0.25, 0.3) is 133 Å². The van der Waals surface area contributed by atoms with E-state index in [1.807, 2.05) is 0 Å². The zero-order chi connectivity index (χ0) is 66.6. The highest BCUT2D eigenvalue weighted by molar-refractivity contribution is 6.22. The summed E-state index contributed by atoms with van der Waals surface area (Å²) in [6.07, 6.45) is 0. The summed E-state index contributed by atoms with van der Waals surface area (Å²) in [6, 6.07) is 117. The van der Waals surface area contributed by atoms with Crippen molar-refractivity contribution < 1.29 is 8.83 Å². The first kappa shape index (κ1) is 55.7. The number of furan rings is 2. The molecule has 0 atom stereocenters. The fourth-order valence-electron chi connectivity index (χ4n) is 20.7. The largest absolute Gasteiger partial charge is 0.456 e. The van der Waals surface area contributed by atoms with Crippen LogP contribution < -0.4 is 4.90 Å². The minimum Gasteiger partial charge on any atom is -0.456 e. The second kappa shape index (κ2) is 19.3. The molecule has 6 aliphatic rings. The number of hydrogen-bond donors (Lipinski definition) is 0. The molecule has 23 rings (SSSR count). The molecule has 2 heterocycles. The minimum atomic E-state index is -0.741. The van der Waals surface area contributed by atoms with Crippen molar-refractivity contribution in [2.75, 3.05) is 4.90 Å². The van der Waals surface area contributed by atoms with E-state index in [1.165, 1.54) is 144 Å². The number of hydrogen-bond acceptors (Lipinski definition) is 3. The second-order valence-corrected chi connectivity index (χ2v) is 29.9. The van der Waals surface area contributed by atoms with Crippen molar-refractivity contribution in [3.05, 3.63) is 376 Å². The van der Waals surface area contributed by atoms with Gasteiger partial charge in [0, 0.05) is 60.4 Å². The molecule has 3 nitrogen and oxygen atoms in total. The maximum Gasteiger partial charge on any atom is 0.144 e. The summed E-state index contributed by atoms with van der Waals surface area (Å²) in [7, 11) is 0. The van der Waals surface area contributed by atoms with E-state index in [4.69, 9.17) is 8.83 Å². The van der Waals surface area contributed by atoms with Crippen molar-refractivity contribution in [3.63, 3.8) is 0 Å². The lowest BCUT2D eigenvalue weighted by Crippen LogP contribution is -2.27. The molecule has 0 saturated carbocycles. The molecule has 0 unspecified atom stereocenters. The van der Waals surface area contributed by atoms with E-state index in [0.717, 1.165) is 72.4 Å². The molecule has 101 heavy (non-hydrogen) atoms. The standard InChI is InChI=1S/C98H63NO2/c1-95(2)73-39-18-15-34-67(73)90-92(95)91-88(89-70-36-17-24-45-84(70)101-94(89)90)68-49-47-58(52-79(68)96(91,3)4)99(93-60(56-26-7-5-8-27-56)37-25-38-61(93)57-28-9-6-10-29-57)59-46-48-66-71-54-82-72(55-81(71)98(80(66)53-59)76-42-21-13-32-64(76)65-33-14-22-43-77(65)98)86-78(50-51-85-87(86)69-35-16-23-44-83(69)100-85)97(82)74-40-19-11-30-62(74)63-31-12-20-41-75(63)97/h5-55H,1-4H3. The van der Waals surface area contributed by atoms with Gasteiger partial charge in [0.15, 0.2) is 0 Å². The molecule has 15 aromatic carbocycles. The molecule has 2 spiro atoms. The summed E-state index contributed by atoms with van der Waals surface area (Å²) in [4.78, 5) is 2.64. The fourth-order valence-corrected chi connectivity index (χ4v) is 20.7. The van der Waals surface area contributed by atoms with Crippen LogP contribution in [-0.2, 0) is 21.7 Å². The van der Waals surface area contributed by atoms with Crippen LogP contribution in [0.4, 0.5) is 17.1 Å². The quantitative estimate of drug-likeness (QED) is 0.172. The number of anilines is 3. The Morgan fingerprint density at radius 1 is 0.248 bits per heavy atom. The molecular formula is C98H63NO2. The summed E-state index contributed by atoms with van der Waals surface area (Å²) < 4.78 is 14.1. The van der Waals surface area contributed by atoms with Gasteiger partial charge < -0.3 is 13.7 Å². The topological polar surface area (TPSA) is 29.5 Å². The van der Waals surface area contributed by atoms with Gasteiger partial charge in [0.2, 0.25) is 0 Å². The number of benzene rings is 15. The molecule has 0 N–H and O–H groups in total. The molecule has 6 aliphatic carbocycles. The predicted molar refractivity (Wildman–Crippen MR) is 414 cm³/mol. The van der Waals surface area contributed by atoms with Gasteiger partial charge in [0.25, 0.3) is 0 Å². The Balaban J connectivity index is 0.830. The molecule has 17 aromatic rings. The molecule has 0 fully saturated rings. The van der Waals surface area contributed by atoms with Gasteiger partial charge in [-0.2, -0.15) is 0 Å². The summed E-state index contributed by atoms with van der Waals surface area (Å²) >= 11 is 0. The molecule has 472 valence electrons. The van der Waals surface area contributed by atoms with Crippen LogP contribution in [0.3, 0.4) is 0 Å². The molecule has 0 radical (unpaired) electrons. The average molecular weight is 1290 g/mol. The van der Waals surface area contributed by atoms with Gasteiger partial charge in [-0.15, -0.1) is 0 Å². The second-order valence-electron chi connectivity index (χ2n) is 29.9. The zero-order valence-corrected chi connectivity index (χ0v) is 56.2. The SMILES string of the molecule is CC1(C)c2ccccc2-c2c1c1c(c3c2oc2ccccc23)-c2ccc(N(c3ccc4c(c3)C3(c5ccccc5-c5ccccc53)c3cc5c(cc3-4)C3(c4ccccc4-c4ccccc43)c3ccc4oc6ccccc6c4c3-5)c3c(-c4ccccc4)cccc3-c3ccccc3)cc2C1(C)C. The van der Waals surface area contributed by atoms with E-state index in [0.29, 0.717) is 0 Å². The van der Waals surface area contributed by atoms with E-state index in [2.05, 4.69) is 342 Å². The van der Waals surface area contributed by atoms with Gasteiger partial charge in [0.05, 0.1) is 16.5 Å². The van der Waals surface area contributed by atoms with Crippen molar-refractivity contribution >= 4 is 60.9 Å². The van der Waals surface area contributed by atoms with Gasteiger partial charge >= 0.3 is 0 Å². The first-order valence-electron chi connectivity index (χ1n) is 35.6. The molecule has 2 aromatic heterocycles.